The number of nitrogens with zero attached hydrogens (tertiary/aromatic N) is 4. The molecule has 130 valence electrons. The van der Waals surface area contributed by atoms with Gasteiger partial charge < -0.3 is 0 Å². The molecule has 1 N–H and O–H groups in total. The van der Waals surface area contributed by atoms with Crippen molar-refractivity contribution >= 4 is 34.1 Å². The average molecular weight is 384 g/mol. The van der Waals surface area contributed by atoms with Crippen LogP contribution in [0.5, 0.6) is 0 Å². The summed E-state index contributed by atoms with van der Waals surface area (Å²) in [5.41, 5.74) is 4.56. The van der Waals surface area contributed by atoms with Crippen LogP contribution in [0.1, 0.15) is 25.5 Å². The van der Waals surface area contributed by atoms with Gasteiger partial charge in [0.2, 0.25) is 0 Å². The first-order valence-electron chi connectivity index (χ1n) is 8.18. The molecule has 0 spiro atoms. The van der Waals surface area contributed by atoms with Crippen molar-refractivity contribution in [3.05, 3.63) is 58.2 Å². The summed E-state index contributed by atoms with van der Waals surface area (Å²) in [5, 5.41) is 16.7. The van der Waals surface area contributed by atoms with E-state index in [-0.39, 0.29) is 5.92 Å². The van der Waals surface area contributed by atoms with E-state index in [1.807, 2.05) is 42.5 Å². The number of aromatic nitrogens is 5. The van der Waals surface area contributed by atoms with E-state index < -0.39 is 0 Å². The molecule has 0 unspecified atom stereocenters. The number of H-pyrrole nitrogens is 1. The zero-order valence-electron chi connectivity index (χ0n) is 14.2. The number of nitrogens with one attached hydrogen (secondary N) is 1. The third-order valence-corrected chi connectivity index (χ3v) is 4.69. The Morgan fingerprint density at radius 3 is 2.46 bits per heavy atom. The lowest BCUT2D eigenvalue weighted by molar-refractivity contribution is 0.830. The third-order valence-electron chi connectivity index (χ3n) is 4.22. The second kappa shape index (κ2) is 6.67. The second-order valence-electron chi connectivity index (χ2n) is 6.32. The van der Waals surface area contributed by atoms with Crippen molar-refractivity contribution in [2.24, 2.45) is 0 Å². The maximum atomic E-state index is 6.29. The van der Waals surface area contributed by atoms with Gasteiger partial charge in [-0.25, -0.2) is 5.10 Å². The van der Waals surface area contributed by atoms with Crippen LogP contribution < -0.4 is 0 Å². The zero-order chi connectivity index (χ0) is 18.3. The maximum absolute atomic E-state index is 6.29. The summed E-state index contributed by atoms with van der Waals surface area (Å²) >= 11 is 12.6. The molecule has 0 saturated carbocycles. The van der Waals surface area contributed by atoms with Crippen LogP contribution >= 0.6 is 23.2 Å². The molecule has 5 nitrogen and oxygen atoms in total. The molecule has 0 aliphatic heterocycles. The van der Waals surface area contributed by atoms with Crippen LogP contribution in [0.3, 0.4) is 0 Å². The van der Waals surface area contributed by atoms with Gasteiger partial charge in [0, 0.05) is 21.0 Å². The SMILES string of the molecule is CC(C)c1nc2ccc(Cl)cc2c(-c2cccc(Cl)c2)c1-c1nnn[nH]1. The second-order valence-corrected chi connectivity index (χ2v) is 7.20. The molecule has 26 heavy (non-hydrogen) atoms. The minimum Gasteiger partial charge on any atom is -0.252 e. The lowest BCUT2D eigenvalue weighted by Crippen LogP contribution is -2.02. The van der Waals surface area contributed by atoms with Gasteiger partial charge in [-0.3, -0.25) is 4.98 Å². The summed E-state index contributed by atoms with van der Waals surface area (Å²) < 4.78 is 0. The summed E-state index contributed by atoms with van der Waals surface area (Å²) in [4.78, 5) is 4.87. The first-order chi connectivity index (χ1) is 12.5. The fourth-order valence-corrected chi connectivity index (χ4v) is 3.48. The number of aromatic amines is 1. The fourth-order valence-electron chi connectivity index (χ4n) is 3.12. The van der Waals surface area contributed by atoms with E-state index in [0.29, 0.717) is 15.9 Å². The maximum Gasteiger partial charge on any atom is 0.181 e. The molecule has 2 heterocycles. The Kier molecular flexibility index (Phi) is 4.34. The molecule has 7 heteroatoms. The van der Waals surface area contributed by atoms with Crippen LogP contribution in [0.15, 0.2) is 42.5 Å². The molecular formula is C19H15Cl2N5. The highest BCUT2D eigenvalue weighted by atomic mass is 35.5. The van der Waals surface area contributed by atoms with Crippen molar-refractivity contribution < 1.29 is 0 Å². The molecule has 2 aromatic heterocycles. The van der Waals surface area contributed by atoms with Gasteiger partial charge in [-0.1, -0.05) is 49.2 Å². The highest BCUT2D eigenvalue weighted by Gasteiger charge is 2.22. The molecule has 0 radical (unpaired) electrons. The predicted octanol–water partition coefficient (Wildman–Crippen LogP) is 5.51. The van der Waals surface area contributed by atoms with Crippen LogP contribution in [0, 0.1) is 0 Å². The lowest BCUT2D eigenvalue weighted by atomic mass is 9.90. The summed E-state index contributed by atoms with van der Waals surface area (Å²) in [6.07, 6.45) is 0. The summed E-state index contributed by atoms with van der Waals surface area (Å²) in [6, 6.07) is 13.4. The van der Waals surface area contributed by atoms with Crippen molar-refractivity contribution in [1.29, 1.82) is 0 Å². The zero-order valence-corrected chi connectivity index (χ0v) is 15.7. The standard InChI is InChI=1S/C19H15Cl2N5/c1-10(2)18-17(19-23-25-26-24-19)16(11-4-3-5-12(20)8-11)14-9-13(21)6-7-15(14)22-18/h3-10H,1-2H3,(H,23,24,25,26). The van der Waals surface area contributed by atoms with Crippen molar-refractivity contribution in [3.63, 3.8) is 0 Å². The number of rotatable bonds is 3. The Labute approximate surface area is 160 Å². The minimum atomic E-state index is 0.174. The lowest BCUT2D eigenvalue weighted by Gasteiger charge is -2.18. The van der Waals surface area contributed by atoms with Crippen molar-refractivity contribution in [3.8, 4) is 22.5 Å². The highest BCUT2D eigenvalue weighted by Crippen LogP contribution is 2.41. The van der Waals surface area contributed by atoms with Crippen molar-refractivity contribution in [2.45, 2.75) is 19.8 Å². The summed E-state index contributed by atoms with van der Waals surface area (Å²) in [6.45, 7) is 4.19. The topological polar surface area (TPSA) is 67.3 Å². The molecule has 0 saturated heterocycles. The number of tetrazole rings is 1. The molecule has 0 aliphatic rings. The van der Waals surface area contributed by atoms with Gasteiger partial charge in [0.15, 0.2) is 5.82 Å². The van der Waals surface area contributed by atoms with Gasteiger partial charge in [0.05, 0.1) is 16.8 Å². The largest absolute Gasteiger partial charge is 0.252 e. The molecule has 4 aromatic rings. The smallest absolute Gasteiger partial charge is 0.181 e. The van der Waals surface area contributed by atoms with Gasteiger partial charge in [0.25, 0.3) is 0 Å². The number of benzene rings is 2. The molecule has 2 aromatic carbocycles. The number of pyridine rings is 1. The van der Waals surface area contributed by atoms with Crippen LogP contribution in [-0.2, 0) is 0 Å². The van der Waals surface area contributed by atoms with E-state index in [1.54, 1.807) is 0 Å². The van der Waals surface area contributed by atoms with E-state index in [4.69, 9.17) is 28.2 Å². The van der Waals surface area contributed by atoms with Crippen LogP contribution in [0.2, 0.25) is 10.0 Å². The van der Waals surface area contributed by atoms with Crippen LogP contribution in [-0.4, -0.2) is 25.6 Å². The Morgan fingerprint density at radius 1 is 0.962 bits per heavy atom. The van der Waals surface area contributed by atoms with Gasteiger partial charge in [0.1, 0.15) is 0 Å². The van der Waals surface area contributed by atoms with E-state index in [9.17, 15) is 0 Å². The average Bonchev–Trinajstić information content (AvgIpc) is 3.14. The normalized spacial score (nSPS) is 11.4. The van der Waals surface area contributed by atoms with Crippen molar-refractivity contribution in [1.82, 2.24) is 25.6 Å². The van der Waals surface area contributed by atoms with E-state index in [0.717, 1.165) is 33.3 Å². The highest BCUT2D eigenvalue weighted by molar-refractivity contribution is 6.32. The Balaban J connectivity index is 2.20. The Hall–Kier alpha value is -2.50. The minimum absolute atomic E-state index is 0.174. The number of halogens is 2. The summed E-state index contributed by atoms with van der Waals surface area (Å²) in [5.74, 6) is 0.742. The quantitative estimate of drug-likeness (QED) is 0.506. The molecule has 0 aliphatic carbocycles. The first-order valence-corrected chi connectivity index (χ1v) is 8.93. The molecule has 0 amide bonds. The summed E-state index contributed by atoms with van der Waals surface area (Å²) in [7, 11) is 0. The van der Waals surface area contributed by atoms with E-state index in [1.165, 1.54) is 0 Å². The molecule has 0 fully saturated rings. The first kappa shape index (κ1) is 16.9. The monoisotopic (exact) mass is 383 g/mol. The number of fused-ring (bicyclic) bond motifs is 1. The molecule has 0 bridgehead atoms. The van der Waals surface area contributed by atoms with Gasteiger partial charge in [-0.2, -0.15) is 0 Å². The van der Waals surface area contributed by atoms with Gasteiger partial charge in [-0.15, -0.1) is 5.10 Å². The van der Waals surface area contributed by atoms with Crippen LogP contribution in [0.25, 0.3) is 33.4 Å². The Morgan fingerprint density at radius 2 is 1.77 bits per heavy atom. The van der Waals surface area contributed by atoms with Gasteiger partial charge >= 0.3 is 0 Å². The molecular weight excluding hydrogens is 369 g/mol. The Bertz CT molecular complexity index is 1090. The number of hydrogen-bond acceptors (Lipinski definition) is 4. The molecule has 4 rings (SSSR count). The van der Waals surface area contributed by atoms with E-state index in [2.05, 4.69) is 34.5 Å². The molecule has 0 atom stereocenters. The third kappa shape index (κ3) is 2.93. The predicted molar refractivity (Wildman–Crippen MR) is 104 cm³/mol. The van der Waals surface area contributed by atoms with Gasteiger partial charge in [-0.05, 0) is 52.2 Å². The van der Waals surface area contributed by atoms with E-state index >= 15 is 0 Å². The number of hydrogen-bond donors (Lipinski definition) is 1. The van der Waals surface area contributed by atoms with Crippen LogP contribution in [0.4, 0.5) is 0 Å². The van der Waals surface area contributed by atoms with Crippen molar-refractivity contribution in [2.75, 3.05) is 0 Å². The fraction of sp³-hybridized carbons (Fsp3) is 0.158.